The Hall–Kier alpha value is -4.76. The van der Waals surface area contributed by atoms with Crippen LogP contribution >= 0.6 is 11.8 Å². The Labute approximate surface area is 302 Å². The number of aromatic nitrogens is 1. The first kappa shape index (κ1) is 37.0. The van der Waals surface area contributed by atoms with Gasteiger partial charge in [-0.1, -0.05) is 60.7 Å². The van der Waals surface area contributed by atoms with Gasteiger partial charge in [0.15, 0.2) is 6.29 Å². The summed E-state index contributed by atoms with van der Waals surface area (Å²) in [5.41, 5.74) is 4.88. The van der Waals surface area contributed by atoms with Crippen molar-refractivity contribution in [3.8, 4) is 11.1 Å². The molecule has 2 amide bonds. The number of aromatic carboxylic acids is 1. The molecule has 2 aliphatic rings. The average Bonchev–Trinajstić information content (AvgIpc) is 3.66. The van der Waals surface area contributed by atoms with E-state index in [9.17, 15) is 37.8 Å². The van der Waals surface area contributed by atoms with Crippen molar-refractivity contribution in [1.29, 1.82) is 0 Å². The van der Waals surface area contributed by atoms with Gasteiger partial charge in [-0.3, -0.25) is 9.59 Å². The molecular formula is C38H36F3N3O7S. The molecule has 3 aromatic carbocycles. The lowest BCUT2D eigenvalue weighted by Gasteiger charge is -2.36. The van der Waals surface area contributed by atoms with Crippen LogP contribution in [0, 0.1) is 0 Å². The number of halogens is 3. The highest BCUT2D eigenvalue weighted by Crippen LogP contribution is 2.40. The van der Waals surface area contributed by atoms with E-state index in [1.165, 1.54) is 17.8 Å². The Morgan fingerprint density at radius 1 is 0.923 bits per heavy atom. The number of amides is 2. The Morgan fingerprint density at radius 3 is 2.40 bits per heavy atom. The minimum absolute atomic E-state index is 0.0573. The van der Waals surface area contributed by atoms with Crippen molar-refractivity contribution in [2.45, 2.75) is 68.2 Å². The summed E-state index contributed by atoms with van der Waals surface area (Å²) < 4.78 is 52.1. The maximum Gasteiger partial charge on any atom is 0.471 e. The maximum atomic E-state index is 13.1. The second-order valence-corrected chi connectivity index (χ2v) is 13.5. The van der Waals surface area contributed by atoms with Crippen molar-refractivity contribution in [3.05, 3.63) is 119 Å². The van der Waals surface area contributed by atoms with Gasteiger partial charge >= 0.3 is 18.1 Å². The molecule has 0 saturated carbocycles. The number of hydrogen-bond donors (Lipinski definition) is 3. The molecule has 1 aromatic heterocycles. The number of hydrogen-bond acceptors (Lipinski definition) is 8. The number of aliphatic hydroxyl groups excluding tert-OH is 1. The molecule has 14 heteroatoms. The number of carbonyl (C=O) groups excluding carboxylic acids is 2. The number of rotatable bonds is 11. The van der Waals surface area contributed by atoms with E-state index in [1.807, 2.05) is 66.7 Å². The van der Waals surface area contributed by atoms with Gasteiger partial charge in [-0.2, -0.15) is 13.2 Å². The summed E-state index contributed by atoms with van der Waals surface area (Å²) >= 11 is 1.30. The lowest BCUT2D eigenvalue weighted by Crippen LogP contribution is -2.50. The van der Waals surface area contributed by atoms with Gasteiger partial charge in [0.2, 0.25) is 5.91 Å². The van der Waals surface area contributed by atoms with Gasteiger partial charge in [0.1, 0.15) is 11.1 Å². The molecule has 4 aromatic rings. The number of pyridine rings is 1. The molecule has 2 aliphatic heterocycles. The van der Waals surface area contributed by atoms with E-state index in [0.717, 1.165) is 27.8 Å². The summed E-state index contributed by atoms with van der Waals surface area (Å²) in [5, 5.41) is 22.2. The molecular weight excluding hydrogens is 699 g/mol. The van der Waals surface area contributed by atoms with Gasteiger partial charge in [0.05, 0.1) is 24.4 Å². The highest BCUT2D eigenvalue weighted by Gasteiger charge is 2.47. The van der Waals surface area contributed by atoms with Gasteiger partial charge in [-0.25, -0.2) is 9.78 Å². The van der Waals surface area contributed by atoms with Crippen LogP contribution in [0.5, 0.6) is 0 Å². The van der Waals surface area contributed by atoms with Crippen molar-refractivity contribution >= 4 is 29.5 Å². The molecule has 0 aliphatic carbocycles. The predicted molar refractivity (Wildman–Crippen MR) is 185 cm³/mol. The zero-order valence-electron chi connectivity index (χ0n) is 27.8. The molecule has 3 N–H and O–H groups in total. The third-order valence-electron chi connectivity index (χ3n) is 8.97. The van der Waals surface area contributed by atoms with Crippen LogP contribution in [0.25, 0.3) is 11.1 Å². The number of benzene rings is 3. The first-order valence-corrected chi connectivity index (χ1v) is 17.6. The standard InChI is InChI=1S/C38H36F3N3O7S/c39-38(40,41)37(49)44-16-4-10-31(44)33(46)43-20-24-5-1-6-26(17-24)27-7-2-8-28(18-27)36-50-29(22-52-34-30(35(47)48)9-3-15-42-34)19-32(51-36)25-13-11-23(21-45)12-14-25/h1-3,5-9,11-15,17-18,29,31-32,36,45H,4,10,16,19-22H2,(H,43,46)(H,47,48)/t29-,31-,32+,36+/m0/s1. The smallest absolute Gasteiger partial charge is 0.471 e. The van der Waals surface area contributed by atoms with Crippen molar-refractivity contribution < 1.29 is 47.2 Å². The second-order valence-electron chi connectivity index (χ2n) is 12.5. The van der Waals surface area contributed by atoms with Gasteiger partial charge in [-0.15, -0.1) is 11.8 Å². The zero-order valence-corrected chi connectivity index (χ0v) is 28.6. The normalized spacial score (nSPS) is 20.4. The van der Waals surface area contributed by atoms with E-state index < -0.39 is 36.3 Å². The maximum absolute atomic E-state index is 13.1. The number of thioether (sulfide) groups is 1. The van der Waals surface area contributed by atoms with Crippen LogP contribution in [0.1, 0.15) is 64.3 Å². The molecule has 272 valence electrons. The fraction of sp³-hybridized carbons (Fsp3) is 0.316. The highest BCUT2D eigenvalue weighted by molar-refractivity contribution is 7.99. The quantitative estimate of drug-likeness (QED) is 0.149. The third kappa shape index (κ3) is 8.81. The van der Waals surface area contributed by atoms with Crippen LogP contribution in [0.2, 0.25) is 0 Å². The molecule has 2 fully saturated rings. The number of nitrogens with one attached hydrogen (secondary N) is 1. The lowest BCUT2D eigenvalue weighted by atomic mass is 9.99. The Bertz CT molecular complexity index is 1910. The number of ether oxygens (including phenoxy) is 2. The number of likely N-dealkylation sites (tertiary alicyclic amines) is 1. The number of alkyl halides is 3. The highest BCUT2D eigenvalue weighted by atomic mass is 32.2. The van der Waals surface area contributed by atoms with Crippen LogP contribution in [-0.2, 0) is 32.2 Å². The van der Waals surface area contributed by atoms with E-state index >= 15 is 0 Å². The van der Waals surface area contributed by atoms with Crippen LogP contribution in [0.3, 0.4) is 0 Å². The summed E-state index contributed by atoms with van der Waals surface area (Å²) in [7, 11) is 0. The van der Waals surface area contributed by atoms with E-state index in [-0.39, 0.29) is 43.9 Å². The molecule has 0 radical (unpaired) electrons. The first-order chi connectivity index (χ1) is 25.0. The minimum atomic E-state index is -5.04. The topological polar surface area (TPSA) is 138 Å². The predicted octanol–water partition coefficient (Wildman–Crippen LogP) is 6.45. The summed E-state index contributed by atoms with van der Waals surface area (Å²) in [5.74, 6) is -3.29. The van der Waals surface area contributed by atoms with E-state index in [2.05, 4.69) is 10.3 Å². The average molecular weight is 736 g/mol. The van der Waals surface area contributed by atoms with Crippen LogP contribution in [-0.4, -0.2) is 68.5 Å². The molecule has 3 heterocycles. The largest absolute Gasteiger partial charge is 0.478 e. The van der Waals surface area contributed by atoms with Crippen LogP contribution < -0.4 is 5.32 Å². The van der Waals surface area contributed by atoms with Gasteiger partial charge in [0, 0.05) is 37.0 Å². The first-order valence-electron chi connectivity index (χ1n) is 16.7. The minimum Gasteiger partial charge on any atom is -0.478 e. The van der Waals surface area contributed by atoms with Crippen LogP contribution in [0.4, 0.5) is 13.2 Å². The summed E-state index contributed by atoms with van der Waals surface area (Å²) in [6.45, 7) is -0.153. The summed E-state index contributed by atoms with van der Waals surface area (Å²) in [6.07, 6.45) is -4.01. The zero-order chi connectivity index (χ0) is 36.8. The number of carboxylic acid groups (broad SMARTS) is 1. The van der Waals surface area contributed by atoms with Crippen LogP contribution in [0.15, 0.2) is 96.2 Å². The molecule has 0 unspecified atom stereocenters. The van der Waals surface area contributed by atoms with Crippen molar-refractivity contribution in [3.63, 3.8) is 0 Å². The fourth-order valence-electron chi connectivity index (χ4n) is 6.34. The molecule has 52 heavy (non-hydrogen) atoms. The molecule has 6 rings (SSSR count). The third-order valence-corrected chi connectivity index (χ3v) is 10.1. The van der Waals surface area contributed by atoms with E-state index in [4.69, 9.17) is 9.47 Å². The van der Waals surface area contributed by atoms with Crippen molar-refractivity contribution in [1.82, 2.24) is 15.2 Å². The van der Waals surface area contributed by atoms with Gasteiger partial charge in [-0.05, 0) is 64.9 Å². The van der Waals surface area contributed by atoms with Gasteiger partial charge < -0.3 is 29.9 Å². The molecule has 10 nitrogen and oxygen atoms in total. The number of carboxylic acids is 1. The number of carbonyl (C=O) groups is 3. The Kier molecular flexibility index (Phi) is 11.6. The number of nitrogens with zero attached hydrogens (tertiary/aromatic N) is 2. The molecule has 2 saturated heterocycles. The lowest BCUT2D eigenvalue weighted by molar-refractivity contribution is -0.245. The Morgan fingerprint density at radius 2 is 1.67 bits per heavy atom. The Balaban J connectivity index is 1.18. The monoisotopic (exact) mass is 735 g/mol. The fourth-order valence-corrected chi connectivity index (χ4v) is 7.35. The molecule has 0 spiro atoms. The van der Waals surface area contributed by atoms with Crippen molar-refractivity contribution in [2.24, 2.45) is 0 Å². The second kappa shape index (κ2) is 16.3. The van der Waals surface area contributed by atoms with E-state index in [0.29, 0.717) is 34.1 Å². The molecule has 4 atom stereocenters. The SMILES string of the molecule is O=C(O)c1cccnc1SC[C@@H]1C[C@H](c2ccc(CO)cc2)O[C@H](c2cccc(-c3cccc(CNC(=O)[C@@H]4CCCN4C(=O)C(F)(F)F)c3)c2)O1. The number of aliphatic hydroxyl groups is 1. The van der Waals surface area contributed by atoms with Crippen molar-refractivity contribution in [2.75, 3.05) is 12.3 Å². The summed E-state index contributed by atoms with van der Waals surface area (Å²) in [4.78, 5) is 41.3. The van der Waals surface area contributed by atoms with Gasteiger partial charge in [0.25, 0.3) is 0 Å². The molecule has 0 bridgehead atoms. The summed E-state index contributed by atoms with van der Waals surface area (Å²) in [6, 6.07) is 24.4. The van der Waals surface area contributed by atoms with E-state index in [1.54, 1.807) is 18.3 Å².